The zero-order valence-electron chi connectivity index (χ0n) is 21.1. The number of allylic oxidation sites excluding steroid dienone is 4. The van der Waals surface area contributed by atoms with Crippen molar-refractivity contribution in [1.29, 1.82) is 0 Å². The minimum absolute atomic E-state index is 0.108. The van der Waals surface area contributed by atoms with E-state index in [4.69, 9.17) is 0 Å². The second kappa shape index (κ2) is 10.2. The van der Waals surface area contributed by atoms with Gasteiger partial charge in [0.15, 0.2) is 0 Å². The summed E-state index contributed by atoms with van der Waals surface area (Å²) >= 11 is 0. The first-order valence-electron chi connectivity index (χ1n) is 12.5. The standard InChI is InChI=1S/C29H38N2O2S/c1-19-14-16-25(17-15-19)34(32,33)31-28-13-9-8-12-27(28)30-18-24-10-6-7-11-26(24)29-22(4)20(2)21(3)23(29)5/h6-7,10-11,14-17,20,27-28,30-31H,8-9,12-13,18H2,1-5H3/t20?,27-,28-/m1/s1. The molecule has 182 valence electrons. The highest BCUT2D eigenvalue weighted by molar-refractivity contribution is 7.89. The van der Waals surface area contributed by atoms with Crippen LogP contribution in [0.4, 0.5) is 0 Å². The monoisotopic (exact) mass is 478 g/mol. The third kappa shape index (κ3) is 5.07. The lowest BCUT2D eigenvalue weighted by molar-refractivity contribution is 0.308. The van der Waals surface area contributed by atoms with Crippen LogP contribution in [0.2, 0.25) is 0 Å². The van der Waals surface area contributed by atoms with Gasteiger partial charge in [-0.1, -0.05) is 72.9 Å². The summed E-state index contributed by atoms with van der Waals surface area (Å²) in [5, 5.41) is 3.72. The highest BCUT2D eigenvalue weighted by Gasteiger charge is 2.30. The number of benzene rings is 2. The average Bonchev–Trinajstić information content (AvgIpc) is 3.01. The Morgan fingerprint density at radius 1 is 0.853 bits per heavy atom. The maximum absolute atomic E-state index is 13.0. The number of hydrogen-bond acceptors (Lipinski definition) is 3. The first-order chi connectivity index (χ1) is 16.2. The van der Waals surface area contributed by atoms with Crippen LogP contribution in [0, 0.1) is 12.8 Å². The summed E-state index contributed by atoms with van der Waals surface area (Å²) in [6, 6.07) is 15.7. The molecule has 0 amide bonds. The van der Waals surface area contributed by atoms with Gasteiger partial charge in [0.25, 0.3) is 0 Å². The summed E-state index contributed by atoms with van der Waals surface area (Å²) in [6.07, 6.45) is 3.99. The van der Waals surface area contributed by atoms with Crippen molar-refractivity contribution in [3.8, 4) is 0 Å². The smallest absolute Gasteiger partial charge is 0.240 e. The molecule has 2 aliphatic carbocycles. The molecule has 0 spiro atoms. The Labute approximate surface area is 205 Å². The number of sulfonamides is 1. The third-order valence-corrected chi connectivity index (χ3v) is 9.41. The Hall–Kier alpha value is -2.21. The minimum atomic E-state index is -3.54. The summed E-state index contributed by atoms with van der Waals surface area (Å²) in [6.45, 7) is 11.7. The second-order valence-electron chi connectivity index (χ2n) is 10.1. The quantitative estimate of drug-likeness (QED) is 0.503. The largest absolute Gasteiger partial charge is 0.308 e. The van der Waals surface area contributed by atoms with Gasteiger partial charge in [0, 0.05) is 18.6 Å². The molecule has 4 rings (SSSR count). The van der Waals surface area contributed by atoms with E-state index in [0.717, 1.165) is 37.8 Å². The van der Waals surface area contributed by atoms with Crippen LogP contribution in [0.3, 0.4) is 0 Å². The Balaban J connectivity index is 1.52. The van der Waals surface area contributed by atoms with E-state index in [1.807, 2.05) is 19.1 Å². The molecule has 2 aliphatic rings. The first kappa shape index (κ1) is 24.9. The van der Waals surface area contributed by atoms with E-state index in [-0.39, 0.29) is 12.1 Å². The van der Waals surface area contributed by atoms with E-state index in [9.17, 15) is 8.42 Å². The molecule has 2 N–H and O–H groups in total. The molecule has 0 bridgehead atoms. The molecule has 2 aromatic rings. The summed E-state index contributed by atoms with van der Waals surface area (Å²) in [7, 11) is -3.54. The van der Waals surface area contributed by atoms with Crippen molar-refractivity contribution in [2.24, 2.45) is 5.92 Å². The molecule has 1 saturated carbocycles. The van der Waals surface area contributed by atoms with E-state index >= 15 is 0 Å². The van der Waals surface area contributed by atoms with E-state index in [1.54, 1.807) is 12.1 Å². The number of nitrogens with one attached hydrogen (secondary N) is 2. The van der Waals surface area contributed by atoms with Crippen molar-refractivity contribution in [2.45, 2.75) is 83.8 Å². The lowest BCUT2D eigenvalue weighted by atomic mass is 9.90. The van der Waals surface area contributed by atoms with Gasteiger partial charge in [-0.2, -0.15) is 0 Å². The van der Waals surface area contributed by atoms with Crippen molar-refractivity contribution in [3.05, 3.63) is 81.9 Å². The number of aryl methyl sites for hydroxylation is 1. The number of hydrogen-bond donors (Lipinski definition) is 2. The van der Waals surface area contributed by atoms with Gasteiger partial charge in [0.1, 0.15) is 0 Å². The maximum Gasteiger partial charge on any atom is 0.240 e. The fraction of sp³-hybridized carbons (Fsp3) is 0.448. The van der Waals surface area contributed by atoms with E-state index in [0.29, 0.717) is 10.8 Å². The van der Waals surface area contributed by atoms with Crippen molar-refractivity contribution < 1.29 is 8.42 Å². The predicted molar refractivity (Wildman–Crippen MR) is 141 cm³/mol. The average molecular weight is 479 g/mol. The summed E-state index contributed by atoms with van der Waals surface area (Å²) in [5.74, 6) is 0.481. The van der Waals surface area contributed by atoms with Crippen LogP contribution < -0.4 is 10.0 Å². The van der Waals surface area contributed by atoms with Gasteiger partial charge in [0.2, 0.25) is 10.0 Å². The highest BCUT2D eigenvalue weighted by Crippen LogP contribution is 2.42. The van der Waals surface area contributed by atoms with Crippen molar-refractivity contribution in [3.63, 3.8) is 0 Å². The zero-order chi connectivity index (χ0) is 24.5. The molecule has 4 nitrogen and oxygen atoms in total. The molecule has 1 unspecified atom stereocenters. The second-order valence-corrected chi connectivity index (χ2v) is 11.8. The van der Waals surface area contributed by atoms with Gasteiger partial charge >= 0.3 is 0 Å². The summed E-state index contributed by atoms with van der Waals surface area (Å²) in [5.41, 5.74) is 9.26. The molecule has 2 aromatic carbocycles. The third-order valence-electron chi connectivity index (χ3n) is 7.91. The molecule has 0 aromatic heterocycles. The molecule has 34 heavy (non-hydrogen) atoms. The highest BCUT2D eigenvalue weighted by atomic mass is 32.2. The van der Waals surface area contributed by atoms with Crippen molar-refractivity contribution in [2.75, 3.05) is 0 Å². The molecular formula is C29H38N2O2S. The lowest BCUT2D eigenvalue weighted by Crippen LogP contribution is -2.51. The molecule has 1 fully saturated rings. The zero-order valence-corrected chi connectivity index (χ0v) is 21.9. The molecular weight excluding hydrogens is 440 g/mol. The molecule has 3 atom stereocenters. The molecule has 0 radical (unpaired) electrons. The van der Waals surface area contributed by atoms with Crippen LogP contribution in [0.5, 0.6) is 0 Å². The van der Waals surface area contributed by atoms with Crippen LogP contribution in [-0.2, 0) is 16.6 Å². The predicted octanol–water partition coefficient (Wildman–Crippen LogP) is 6.13. The lowest BCUT2D eigenvalue weighted by Gasteiger charge is -2.33. The van der Waals surface area contributed by atoms with Crippen LogP contribution >= 0.6 is 0 Å². The van der Waals surface area contributed by atoms with Gasteiger partial charge in [-0.3, -0.25) is 0 Å². The number of rotatable bonds is 7. The Bertz CT molecular complexity index is 1210. The summed E-state index contributed by atoms with van der Waals surface area (Å²) < 4.78 is 29.1. The SMILES string of the molecule is CC1=C(C)C(C)C(C)=C1c1ccccc1CN[C@@H]1CCCC[C@H]1NS(=O)(=O)c1ccc(C)cc1. The Kier molecular flexibility index (Phi) is 7.46. The molecule has 0 aliphatic heterocycles. The van der Waals surface area contributed by atoms with Crippen LogP contribution in [0.15, 0.2) is 70.1 Å². The topological polar surface area (TPSA) is 58.2 Å². The normalized spacial score (nSPS) is 23.6. The summed E-state index contributed by atoms with van der Waals surface area (Å²) in [4.78, 5) is 0.336. The van der Waals surface area contributed by atoms with Gasteiger partial charge < -0.3 is 5.32 Å². The maximum atomic E-state index is 13.0. The van der Waals surface area contributed by atoms with Gasteiger partial charge in [-0.05, 0) is 80.9 Å². The van der Waals surface area contributed by atoms with Gasteiger partial charge in [-0.15, -0.1) is 0 Å². The Morgan fingerprint density at radius 3 is 2.15 bits per heavy atom. The minimum Gasteiger partial charge on any atom is -0.308 e. The molecule has 0 heterocycles. The van der Waals surface area contributed by atoms with Gasteiger partial charge in [0.05, 0.1) is 4.90 Å². The fourth-order valence-corrected chi connectivity index (χ4v) is 6.74. The van der Waals surface area contributed by atoms with Crippen LogP contribution in [0.25, 0.3) is 5.57 Å². The van der Waals surface area contributed by atoms with Gasteiger partial charge in [-0.25, -0.2) is 13.1 Å². The van der Waals surface area contributed by atoms with Crippen molar-refractivity contribution in [1.82, 2.24) is 10.0 Å². The van der Waals surface area contributed by atoms with E-state index in [2.05, 4.69) is 62.0 Å². The van der Waals surface area contributed by atoms with E-state index < -0.39 is 10.0 Å². The molecule has 0 saturated heterocycles. The van der Waals surface area contributed by atoms with Crippen molar-refractivity contribution >= 4 is 15.6 Å². The first-order valence-corrected chi connectivity index (χ1v) is 14.0. The molecule has 5 heteroatoms. The van der Waals surface area contributed by atoms with Crippen LogP contribution in [0.1, 0.15) is 70.1 Å². The van der Waals surface area contributed by atoms with E-state index in [1.165, 1.54) is 33.4 Å². The Morgan fingerprint density at radius 2 is 1.50 bits per heavy atom. The fourth-order valence-electron chi connectivity index (χ4n) is 5.43. The van der Waals surface area contributed by atoms with Crippen LogP contribution in [-0.4, -0.2) is 20.5 Å².